The van der Waals surface area contributed by atoms with Crippen molar-refractivity contribution in [2.24, 2.45) is 10.8 Å². The maximum Gasteiger partial charge on any atom is 0.0725 e. The summed E-state index contributed by atoms with van der Waals surface area (Å²) in [5.41, 5.74) is 27.9. The quantitative estimate of drug-likeness (QED) is 0.147. The molecule has 14 rings (SSSR count). The Balaban J connectivity index is 0.920. The van der Waals surface area contributed by atoms with E-state index < -0.39 is 5.41 Å². The zero-order chi connectivity index (χ0) is 54.0. The molecule has 3 aliphatic carbocycles. The summed E-state index contributed by atoms with van der Waals surface area (Å²) in [7, 11) is 0. The van der Waals surface area contributed by atoms with Gasteiger partial charge in [-0.1, -0.05) is 256 Å². The zero-order valence-electron chi connectivity index (χ0n) is 46.8. The van der Waals surface area contributed by atoms with E-state index in [9.17, 15) is 0 Å². The largest absolute Gasteiger partial charge is 0.310 e. The van der Waals surface area contributed by atoms with Crippen molar-refractivity contribution in [2.45, 2.75) is 78.6 Å². The number of anilines is 3. The lowest BCUT2D eigenvalue weighted by Gasteiger charge is -2.36. The Kier molecular flexibility index (Phi) is 11.1. The lowest BCUT2D eigenvalue weighted by molar-refractivity contribution is 0.229. The first-order valence-corrected chi connectivity index (χ1v) is 28.5. The van der Waals surface area contributed by atoms with Crippen LogP contribution in [0.3, 0.4) is 0 Å². The average molecular weight is 1020 g/mol. The highest BCUT2D eigenvalue weighted by molar-refractivity contribution is 6.07. The van der Waals surface area contributed by atoms with E-state index in [2.05, 4.69) is 303 Å². The second-order valence-corrected chi connectivity index (χ2v) is 25.5. The van der Waals surface area contributed by atoms with Crippen LogP contribution < -0.4 is 4.90 Å². The molecule has 0 radical (unpaired) electrons. The van der Waals surface area contributed by atoms with Crippen molar-refractivity contribution < 1.29 is 0 Å². The number of fused-ring (bicyclic) bond motifs is 14. The van der Waals surface area contributed by atoms with Crippen molar-refractivity contribution in [3.63, 3.8) is 0 Å². The molecule has 1 nitrogen and oxygen atoms in total. The number of hydrogen-bond donors (Lipinski definition) is 0. The van der Waals surface area contributed by atoms with Gasteiger partial charge in [0.2, 0.25) is 0 Å². The lowest BCUT2D eigenvalue weighted by Crippen LogP contribution is -2.26. The minimum Gasteiger partial charge on any atom is -0.310 e. The van der Waals surface area contributed by atoms with Crippen molar-refractivity contribution in [1.29, 1.82) is 0 Å². The molecule has 3 aliphatic rings. The molecule has 11 aromatic rings. The van der Waals surface area contributed by atoms with Gasteiger partial charge in [-0.2, -0.15) is 0 Å². The first-order chi connectivity index (χ1) is 38.2. The monoisotopic (exact) mass is 1020 g/mol. The summed E-state index contributed by atoms with van der Waals surface area (Å²) in [6, 6.07) is 92.3. The fourth-order valence-corrected chi connectivity index (χ4v) is 14.4. The van der Waals surface area contributed by atoms with Gasteiger partial charge in [-0.05, 0) is 177 Å². The van der Waals surface area contributed by atoms with Crippen LogP contribution in [-0.4, -0.2) is 0 Å². The first-order valence-electron chi connectivity index (χ1n) is 28.5. The summed E-state index contributed by atoms with van der Waals surface area (Å²) in [4.78, 5) is 2.49. The number of hydrogen-bond acceptors (Lipinski definition) is 1. The van der Waals surface area contributed by atoms with Crippen molar-refractivity contribution in [2.75, 3.05) is 4.90 Å². The summed E-state index contributed by atoms with van der Waals surface area (Å²) >= 11 is 0. The highest BCUT2D eigenvalue weighted by Gasteiger charge is 2.52. The third-order valence-electron chi connectivity index (χ3n) is 18.1. The molecule has 0 aromatic heterocycles. The van der Waals surface area contributed by atoms with Crippen molar-refractivity contribution in [1.82, 2.24) is 0 Å². The predicted molar refractivity (Wildman–Crippen MR) is 335 cm³/mol. The molecule has 1 heteroatoms. The number of benzene rings is 11. The number of rotatable bonds is 8. The second-order valence-electron chi connectivity index (χ2n) is 25.5. The molecule has 0 saturated heterocycles. The van der Waals surface area contributed by atoms with Crippen molar-refractivity contribution in [3.05, 3.63) is 282 Å². The molecule has 79 heavy (non-hydrogen) atoms. The van der Waals surface area contributed by atoms with E-state index in [0.717, 1.165) is 23.5 Å². The maximum absolute atomic E-state index is 2.55. The summed E-state index contributed by atoms with van der Waals surface area (Å²) < 4.78 is 0. The van der Waals surface area contributed by atoms with Gasteiger partial charge in [0.25, 0.3) is 0 Å². The van der Waals surface area contributed by atoms with Crippen LogP contribution in [0.5, 0.6) is 0 Å². The van der Waals surface area contributed by atoms with Crippen LogP contribution in [0.25, 0.3) is 77.5 Å². The van der Waals surface area contributed by atoms with Crippen LogP contribution in [0.2, 0.25) is 0 Å². The third-order valence-corrected chi connectivity index (χ3v) is 18.1. The highest BCUT2D eigenvalue weighted by Crippen LogP contribution is 2.64. The Labute approximate surface area is 467 Å². The predicted octanol–water partition coefficient (Wildman–Crippen LogP) is 21.5. The van der Waals surface area contributed by atoms with E-state index in [-0.39, 0.29) is 16.2 Å². The SMILES string of the molecule is CC(C)(C)CC(c1ccc(-c2ccc3c(c2)C2(c4ccccc4-3)c3ccccc3-c3ccc(-c4ccc(N(c5ccc(-c6ccccc6)cc5)c5ccc6c(c5)C(C)(C)c5ccccc5-6)c5ccccc45)cc32)cc1)C(C)(C)C. The molecular formula is C78H67N. The van der Waals surface area contributed by atoms with Gasteiger partial charge >= 0.3 is 0 Å². The second kappa shape index (κ2) is 18.0. The zero-order valence-corrected chi connectivity index (χ0v) is 46.8. The molecule has 0 aliphatic heterocycles. The van der Waals surface area contributed by atoms with Crippen LogP contribution >= 0.6 is 0 Å². The minimum absolute atomic E-state index is 0.142. The molecule has 2 atom stereocenters. The molecule has 2 unspecified atom stereocenters. The summed E-state index contributed by atoms with van der Waals surface area (Å²) in [5, 5.41) is 2.42. The van der Waals surface area contributed by atoms with E-state index in [0.29, 0.717) is 5.92 Å². The van der Waals surface area contributed by atoms with Gasteiger partial charge in [0.15, 0.2) is 0 Å². The molecular weight excluding hydrogens is 951 g/mol. The Hall–Kier alpha value is -8.52. The Bertz CT molecular complexity index is 4180. The Morgan fingerprint density at radius 3 is 1.42 bits per heavy atom. The van der Waals surface area contributed by atoms with E-state index in [1.807, 2.05) is 0 Å². The van der Waals surface area contributed by atoms with Crippen LogP contribution in [0.4, 0.5) is 17.1 Å². The average Bonchev–Trinajstić information content (AvgIpc) is 2.43. The van der Waals surface area contributed by atoms with Gasteiger partial charge < -0.3 is 4.90 Å². The normalized spacial score (nSPS) is 15.7. The van der Waals surface area contributed by atoms with E-state index >= 15 is 0 Å². The molecule has 384 valence electrons. The van der Waals surface area contributed by atoms with Crippen LogP contribution in [0.1, 0.15) is 107 Å². The number of nitrogens with zero attached hydrogens (tertiary/aromatic N) is 1. The van der Waals surface area contributed by atoms with Crippen LogP contribution in [-0.2, 0) is 10.8 Å². The molecule has 0 N–H and O–H groups in total. The van der Waals surface area contributed by atoms with Gasteiger partial charge in [-0.25, -0.2) is 0 Å². The minimum atomic E-state index is -0.507. The topological polar surface area (TPSA) is 3.24 Å². The molecule has 0 fully saturated rings. The van der Waals surface area contributed by atoms with E-state index in [1.165, 1.54) is 116 Å². The first kappa shape index (κ1) is 48.8. The van der Waals surface area contributed by atoms with Gasteiger partial charge in [-0.15, -0.1) is 0 Å². The summed E-state index contributed by atoms with van der Waals surface area (Å²) in [6.45, 7) is 19.0. The van der Waals surface area contributed by atoms with Crippen molar-refractivity contribution >= 4 is 27.8 Å². The van der Waals surface area contributed by atoms with Gasteiger partial charge in [0.1, 0.15) is 0 Å². The molecule has 0 heterocycles. The molecule has 0 bridgehead atoms. The molecule has 11 aromatic carbocycles. The summed E-state index contributed by atoms with van der Waals surface area (Å²) in [6.07, 6.45) is 1.14. The lowest BCUT2D eigenvalue weighted by atomic mass is 9.69. The van der Waals surface area contributed by atoms with Gasteiger partial charge in [0, 0.05) is 22.2 Å². The van der Waals surface area contributed by atoms with Gasteiger partial charge in [0.05, 0.1) is 11.1 Å². The molecule has 0 amide bonds. The van der Waals surface area contributed by atoms with E-state index in [1.54, 1.807) is 0 Å². The highest BCUT2D eigenvalue weighted by atomic mass is 15.1. The standard InChI is InChI=1S/C78H67N/c1-75(2,3)49-73(76(4,5)6)53-32-30-52(31-33-53)54-36-41-64-61-24-15-18-28-68(61)78(71(64)46-54)69-29-19-16-25-62(69)65-42-37-55(47-72(65)78)58-44-45-74(66-26-13-12-22-59(58)66)79(56-38-34-51(35-39-56)50-20-10-9-11-21-50)57-40-43-63-60-23-14-17-27-67(60)77(7,8)70(63)48-57/h9-48,73H,49H2,1-8H3. The van der Waals surface area contributed by atoms with Crippen molar-refractivity contribution in [3.8, 4) is 66.8 Å². The van der Waals surface area contributed by atoms with E-state index in [4.69, 9.17) is 0 Å². The smallest absolute Gasteiger partial charge is 0.0725 e. The third kappa shape index (κ3) is 7.72. The fraction of sp³-hybridized carbons (Fsp3) is 0.179. The summed E-state index contributed by atoms with van der Waals surface area (Å²) in [5.74, 6) is 0.459. The fourth-order valence-electron chi connectivity index (χ4n) is 14.4. The van der Waals surface area contributed by atoms with Gasteiger partial charge in [-0.3, -0.25) is 0 Å². The molecule has 1 spiro atoms. The van der Waals surface area contributed by atoms with Crippen LogP contribution in [0.15, 0.2) is 243 Å². The Morgan fingerprint density at radius 2 is 0.785 bits per heavy atom. The maximum atomic E-state index is 2.55. The molecule has 0 saturated carbocycles. The Morgan fingerprint density at radius 1 is 0.342 bits per heavy atom. The van der Waals surface area contributed by atoms with Crippen LogP contribution in [0, 0.1) is 10.8 Å².